The van der Waals surface area contributed by atoms with Gasteiger partial charge in [-0.3, -0.25) is 4.79 Å². The van der Waals surface area contributed by atoms with Crippen LogP contribution in [0, 0.1) is 0 Å². The number of amides is 1. The molecule has 0 aliphatic rings. The number of methoxy groups -OCH3 is 1. The van der Waals surface area contributed by atoms with Crippen molar-refractivity contribution in [1.82, 2.24) is 5.32 Å². The molecule has 0 heterocycles. The normalized spacial score (nSPS) is 10.8. The highest BCUT2D eigenvalue weighted by Crippen LogP contribution is 2.25. The summed E-state index contributed by atoms with van der Waals surface area (Å²) >= 11 is 0. The number of benzene rings is 1. The summed E-state index contributed by atoms with van der Waals surface area (Å²) in [6.07, 6.45) is 0.996. The van der Waals surface area contributed by atoms with Crippen LogP contribution >= 0.6 is 0 Å². The predicted octanol–water partition coefficient (Wildman–Crippen LogP) is -0.365. The standard InChI is InChI=1S/C15H20N2O6/c1-22-14(20)10-12(15(21)16-6-7-18)17-11-4-2-3-5-13(11)23-9-8-19/h2-5,10,17-19H,6-9H2,1H3,(H,16,21)/b12-10-. The van der Waals surface area contributed by atoms with Crippen LogP contribution in [0.15, 0.2) is 36.0 Å². The number of aliphatic hydroxyl groups is 2. The molecule has 1 aromatic rings. The quantitative estimate of drug-likeness (QED) is 0.362. The lowest BCUT2D eigenvalue weighted by molar-refractivity contribution is -0.135. The Kier molecular flexibility index (Phi) is 8.19. The van der Waals surface area contributed by atoms with E-state index in [0.717, 1.165) is 6.08 Å². The molecule has 23 heavy (non-hydrogen) atoms. The molecule has 0 fully saturated rings. The highest BCUT2D eigenvalue weighted by atomic mass is 16.5. The second-order valence-electron chi connectivity index (χ2n) is 4.25. The molecule has 1 aromatic carbocycles. The van der Waals surface area contributed by atoms with Gasteiger partial charge >= 0.3 is 5.97 Å². The van der Waals surface area contributed by atoms with E-state index in [-0.39, 0.29) is 32.1 Å². The lowest BCUT2D eigenvalue weighted by Gasteiger charge is -2.14. The van der Waals surface area contributed by atoms with E-state index < -0.39 is 11.9 Å². The number of ether oxygens (including phenoxy) is 2. The number of nitrogens with one attached hydrogen (secondary N) is 2. The van der Waals surface area contributed by atoms with E-state index in [1.54, 1.807) is 24.3 Å². The summed E-state index contributed by atoms with van der Waals surface area (Å²) in [7, 11) is 1.19. The number of para-hydroxylation sites is 2. The van der Waals surface area contributed by atoms with Gasteiger partial charge in [0.25, 0.3) is 5.91 Å². The Bertz CT molecular complexity index is 559. The number of carbonyl (C=O) groups excluding carboxylic acids is 2. The van der Waals surface area contributed by atoms with Gasteiger partial charge in [0.05, 0.1) is 32.1 Å². The van der Waals surface area contributed by atoms with E-state index in [1.165, 1.54) is 7.11 Å². The van der Waals surface area contributed by atoms with Gasteiger partial charge in [0.15, 0.2) is 0 Å². The molecule has 0 aliphatic carbocycles. The van der Waals surface area contributed by atoms with Crippen LogP contribution in [0.2, 0.25) is 0 Å². The Balaban J connectivity index is 2.99. The van der Waals surface area contributed by atoms with E-state index in [0.29, 0.717) is 11.4 Å². The van der Waals surface area contributed by atoms with Crippen LogP contribution < -0.4 is 15.4 Å². The Morgan fingerprint density at radius 3 is 2.61 bits per heavy atom. The molecule has 8 nitrogen and oxygen atoms in total. The fraction of sp³-hybridized carbons (Fsp3) is 0.333. The first kappa shape index (κ1) is 18.5. The highest BCUT2D eigenvalue weighted by Gasteiger charge is 2.14. The summed E-state index contributed by atoms with van der Waals surface area (Å²) in [4.78, 5) is 23.5. The minimum absolute atomic E-state index is 0.0433. The fourth-order valence-corrected chi connectivity index (χ4v) is 1.60. The molecule has 1 rings (SSSR count). The maximum atomic E-state index is 12.0. The molecule has 0 unspecified atom stereocenters. The van der Waals surface area contributed by atoms with Crippen molar-refractivity contribution in [2.45, 2.75) is 0 Å². The number of aliphatic hydroxyl groups excluding tert-OH is 2. The number of esters is 1. The molecular weight excluding hydrogens is 304 g/mol. The first-order valence-electron chi connectivity index (χ1n) is 6.90. The van der Waals surface area contributed by atoms with Gasteiger partial charge in [0.2, 0.25) is 0 Å². The number of carbonyl (C=O) groups is 2. The van der Waals surface area contributed by atoms with Crippen LogP contribution in [0.1, 0.15) is 0 Å². The third-order valence-corrected chi connectivity index (χ3v) is 2.61. The zero-order chi connectivity index (χ0) is 17.1. The van der Waals surface area contributed by atoms with Crippen molar-refractivity contribution in [3.63, 3.8) is 0 Å². The molecule has 0 atom stereocenters. The Labute approximate surface area is 133 Å². The SMILES string of the molecule is COC(=O)/C=C(\Nc1ccccc1OCCO)C(=O)NCCO. The molecule has 0 bridgehead atoms. The molecular formula is C15H20N2O6. The van der Waals surface area contributed by atoms with Crippen LogP contribution in [0.4, 0.5) is 5.69 Å². The van der Waals surface area contributed by atoms with Gasteiger partial charge in [0, 0.05) is 6.54 Å². The summed E-state index contributed by atoms with van der Waals surface area (Å²) in [5.74, 6) is -0.880. The molecule has 0 saturated heterocycles. The van der Waals surface area contributed by atoms with Gasteiger partial charge in [-0.15, -0.1) is 0 Å². The predicted molar refractivity (Wildman–Crippen MR) is 82.8 cm³/mol. The summed E-state index contributed by atoms with van der Waals surface area (Å²) in [6, 6.07) is 6.75. The van der Waals surface area contributed by atoms with E-state index >= 15 is 0 Å². The van der Waals surface area contributed by atoms with Crippen molar-refractivity contribution < 1.29 is 29.3 Å². The monoisotopic (exact) mass is 324 g/mol. The van der Waals surface area contributed by atoms with Crippen molar-refractivity contribution in [3.05, 3.63) is 36.0 Å². The molecule has 0 radical (unpaired) electrons. The van der Waals surface area contributed by atoms with Gasteiger partial charge in [0.1, 0.15) is 18.1 Å². The summed E-state index contributed by atoms with van der Waals surface area (Å²) in [5, 5.41) is 22.8. The van der Waals surface area contributed by atoms with Crippen LogP contribution in [0.5, 0.6) is 5.75 Å². The molecule has 4 N–H and O–H groups in total. The van der Waals surface area contributed by atoms with Crippen molar-refractivity contribution in [1.29, 1.82) is 0 Å². The van der Waals surface area contributed by atoms with Crippen LogP contribution in [0.25, 0.3) is 0 Å². The first-order valence-corrected chi connectivity index (χ1v) is 6.90. The Morgan fingerprint density at radius 1 is 1.22 bits per heavy atom. The minimum Gasteiger partial charge on any atom is -0.489 e. The number of anilines is 1. The molecule has 0 aromatic heterocycles. The van der Waals surface area contributed by atoms with E-state index in [9.17, 15) is 9.59 Å². The number of rotatable bonds is 9. The minimum atomic E-state index is -0.708. The Hall–Kier alpha value is -2.58. The Morgan fingerprint density at radius 2 is 1.96 bits per heavy atom. The average Bonchev–Trinajstić information content (AvgIpc) is 2.57. The van der Waals surface area contributed by atoms with Crippen molar-refractivity contribution in [2.24, 2.45) is 0 Å². The first-order chi connectivity index (χ1) is 11.1. The van der Waals surface area contributed by atoms with E-state index in [1.807, 2.05) is 0 Å². The molecule has 1 amide bonds. The molecule has 0 saturated carbocycles. The second kappa shape index (κ2) is 10.2. The summed E-state index contributed by atoms with van der Waals surface area (Å²) in [5.41, 5.74) is 0.376. The van der Waals surface area contributed by atoms with Gasteiger partial charge < -0.3 is 30.3 Å². The van der Waals surface area contributed by atoms with Gasteiger partial charge in [-0.1, -0.05) is 12.1 Å². The summed E-state index contributed by atoms with van der Waals surface area (Å²) < 4.78 is 9.87. The smallest absolute Gasteiger partial charge is 0.332 e. The lowest BCUT2D eigenvalue weighted by Crippen LogP contribution is -2.31. The van der Waals surface area contributed by atoms with Crippen molar-refractivity contribution in [3.8, 4) is 5.75 Å². The largest absolute Gasteiger partial charge is 0.489 e. The van der Waals surface area contributed by atoms with E-state index in [2.05, 4.69) is 15.4 Å². The van der Waals surface area contributed by atoms with E-state index in [4.69, 9.17) is 14.9 Å². The van der Waals surface area contributed by atoms with Gasteiger partial charge in [-0.2, -0.15) is 0 Å². The molecule has 0 spiro atoms. The van der Waals surface area contributed by atoms with Crippen LogP contribution in [-0.2, 0) is 14.3 Å². The fourth-order valence-electron chi connectivity index (χ4n) is 1.60. The topological polar surface area (TPSA) is 117 Å². The lowest BCUT2D eigenvalue weighted by atomic mass is 10.2. The van der Waals surface area contributed by atoms with Gasteiger partial charge in [-0.25, -0.2) is 4.79 Å². The summed E-state index contributed by atoms with van der Waals surface area (Å²) in [6.45, 7) is -0.253. The molecule has 8 heteroatoms. The molecule has 126 valence electrons. The number of hydrogen-bond donors (Lipinski definition) is 4. The van der Waals surface area contributed by atoms with Gasteiger partial charge in [-0.05, 0) is 12.1 Å². The maximum absolute atomic E-state index is 12.0. The van der Waals surface area contributed by atoms with Crippen molar-refractivity contribution >= 4 is 17.6 Å². The number of hydrogen-bond acceptors (Lipinski definition) is 7. The zero-order valence-electron chi connectivity index (χ0n) is 12.7. The van der Waals surface area contributed by atoms with Crippen LogP contribution in [-0.4, -0.2) is 55.6 Å². The van der Waals surface area contributed by atoms with Crippen molar-refractivity contribution in [2.75, 3.05) is 38.8 Å². The third kappa shape index (κ3) is 6.37. The maximum Gasteiger partial charge on any atom is 0.332 e. The van der Waals surface area contributed by atoms with Crippen LogP contribution in [0.3, 0.4) is 0 Å². The molecule has 0 aliphatic heterocycles. The zero-order valence-corrected chi connectivity index (χ0v) is 12.7. The highest BCUT2D eigenvalue weighted by molar-refractivity contribution is 6.02. The average molecular weight is 324 g/mol. The second-order valence-corrected chi connectivity index (χ2v) is 4.25. The third-order valence-electron chi connectivity index (χ3n) is 2.61.